The molecular weight excluding hydrogens is 256 g/mol. The topological polar surface area (TPSA) is 59.4 Å². The number of aromatic nitrogens is 2. The molecule has 1 aromatic carbocycles. The second kappa shape index (κ2) is 5.75. The molecule has 1 aromatic heterocycles. The fraction of sp³-hybridized carbons (Fsp3) is 0.286. The summed E-state index contributed by atoms with van der Waals surface area (Å²) in [5, 5.41) is 2.91. The Balaban J connectivity index is 1.80. The highest BCUT2D eigenvalue weighted by Gasteiger charge is 2.15. The lowest BCUT2D eigenvalue weighted by atomic mass is 10.2. The molecule has 20 heavy (non-hydrogen) atoms. The molecule has 3 rings (SSSR count). The van der Waals surface area contributed by atoms with Gasteiger partial charge >= 0.3 is 6.03 Å². The number of para-hydroxylation sites is 2. The number of anilines is 2. The Bertz CT molecular complexity index is 577. The minimum atomic E-state index is -0.219. The van der Waals surface area contributed by atoms with Crippen molar-refractivity contribution >= 4 is 17.4 Å². The average Bonchev–Trinajstić information content (AvgIpc) is 3.03. The molecule has 1 fully saturated rings. The standard InChI is InChI=1S/C14H16N4O2/c19-14(18-6-5-15-11-18)16-12-3-1-2-4-13(12)17-7-9-20-10-8-17/h1-6,11H,7-10H2,(H,16,19). The maximum Gasteiger partial charge on any atom is 0.331 e. The van der Waals surface area contributed by atoms with Gasteiger partial charge in [0.15, 0.2) is 0 Å². The molecule has 0 aliphatic carbocycles. The van der Waals surface area contributed by atoms with E-state index in [1.807, 2.05) is 24.3 Å². The van der Waals surface area contributed by atoms with Crippen molar-refractivity contribution in [3.63, 3.8) is 0 Å². The summed E-state index contributed by atoms with van der Waals surface area (Å²) in [6, 6.07) is 7.57. The van der Waals surface area contributed by atoms with Gasteiger partial charge < -0.3 is 15.0 Å². The lowest BCUT2D eigenvalue weighted by Crippen LogP contribution is -2.36. The zero-order valence-electron chi connectivity index (χ0n) is 11.0. The van der Waals surface area contributed by atoms with E-state index in [9.17, 15) is 4.79 Å². The minimum Gasteiger partial charge on any atom is -0.378 e. The number of amides is 1. The van der Waals surface area contributed by atoms with E-state index in [0.29, 0.717) is 13.2 Å². The Morgan fingerprint density at radius 3 is 2.80 bits per heavy atom. The lowest BCUT2D eigenvalue weighted by Gasteiger charge is -2.30. The number of carbonyl (C=O) groups excluding carboxylic acids is 1. The van der Waals surface area contributed by atoms with Crippen LogP contribution in [0, 0.1) is 0 Å². The van der Waals surface area contributed by atoms with E-state index < -0.39 is 0 Å². The van der Waals surface area contributed by atoms with Gasteiger partial charge in [0.25, 0.3) is 0 Å². The van der Waals surface area contributed by atoms with E-state index in [2.05, 4.69) is 15.2 Å². The summed E-state index contributed by atoms with van der Waals surface area (Å²) < 4.78 is 6.77. The first-order valence-corrected chi connectivity index (χ1v) is 6.55. The van der Waals surface area contributed by atoms with Gasteiger partial charge in [0, 0.05) is 25.5 Å². The van der Waals surface area contributed by atoms with E-state index in [1.54, 1.807) is 12.4 Å². The van der Waals surface area contributed by atoms with E-state index in [4.69, 9.17) is 4.74 Å². The van der Waals surface area contributed by atoms with Crippen molar-refractivity contribution in [1.29, 1.82) is 0 Å². The highest BCUT2D eigenvalue weighted by molar-refractivity contribution is 5.94. The Hall–Kier alpha value is -2.34. The summed E-state index contributed by atoms with van der Waals surface area (Å²) in [6.45, 7) is 3.09. The largest absolute Gasteiger partial charge is 0.378 e. The Kier molecular flexibility index (Phi) is 3.64. The first-order valence-electron chi connectivity index (χ1n) is 6.55. The van der Waals surface area contributed by atoms with Gasteiger partial charge in [0.1, 0.15) is 6.33 Å². The molecule has 1 N–H and O–H groups in total. The molecule has 6 heteroatoms. The van der Waals surface area contributed by atoms with Gasteiger partial charge in [-0.2, -0.15) is 0 Å². The second-order valence-electron chi connectivity index (χ2n) is 4.52. The Morgan fingerprint density at radius 1 is 1.25 bits per heavy atom. The summed E-state index contributed by atoms with van der Waals surface area (Å²) in [5.74, 6) is 0. The molecule has 0 spiro atoms. The SMILES string of the molecule is O=C(Nc1ccccc1N1CCOCC1)n1ccnc1. The van der Waals surface area contributed by atoms with Crippen LogP contribution in [0.2, 0.25) is 0 Å². The van der Waals surface area contributed by atoms with Crippen LogP contribution in [-0.2, 0) is 4.74 Å². The number of carbonyl (C=O) groups is 1. The van der Waals surface area contributed by atoms with Crippen molar-refractivity contribution in [2.75, 3.05) is 36.5 Å². The van der Waals surface area contributed by atoms with Crippen molar-refractivity contribution in [2.45, 2.75) is 0 Å². The van der Waals surface area contributed by atoms with Gasteiger partial charge in [-0.3, -0.25) is 4.57 Å². The summed E-state index contributed by atoms with van der Waals surface area (Å²) in [6.07, 6.45) is 4.67. The zero-order chi connectivity index (χ0) is 13.8. The fourth-order valence-corrected chi connectivity index (χ4v) is 2.22. The molecule has 1 aliphatic rings. The van der Waals surface area contributed by atoms with E-state index in [1.165, 1.54) is 10.9 Å². The van der Waals surface area contributed by atoms with Crippen LogP contribution in [-0.4, -0.2) is 41.9 Å². The van der Waals surface area contributed by atoms with Crippen LogP contribution in [0.3, 0.4) is 0 Å². The Labute approximate surface area is 117 Å². The van der Waals surface area contributed by atoms with E-state index in [-0.39, 0.29) is 6.03 Å². The number of hydrogen-bond acceptors (Lipinski definition) is 4. The smallest absolute Gasteiger partial charge is 0.331 e. The molecule has 2 aromatic rings. The first kappa shape index (κ1) is 12.7. The van der Waals surface area contributed by atoms with Crippen LogP contribution in [0.25, 0.3) is 0 Å². The van der Waals surface area contributed by atoms with Crippen LogP contribution >= 0.6 is 0 Å². The highest BCUT2D eigenvalue weighted by Crippen LogP contribution is 2.26. The molecule has 0 saturated carbocycles. The minimum absolute atomic E-state index is 0.219. The quantitative estimate of drug-likeness (QED) is 0.905. The molecule has 0 unspecified atom stereocenters. The van der Waals surface area contributed by atoms with Gasteiger partial charge in [0.2, 0.25) is 0 Å². The monoisotopic (exact) mass is 272 g/mol. The maximum absolute atomic E-state index is 12.1. The summed E-state index contributed by atoms with van der Waals surface area (Å²) in [5.41, 5.74) is 1.82. The molecular formula is C14H16N4O2. The summed E-state index contributed by atoms with van der Waals surface area (Å²) in [7, 11) is 0. The predicted octanol–water partition coefficient (Wildman–Crippen LogP) is 1.80. The number of benzene rings is 1. The fourth-order valence-electron chi connectivity index (χ4n) is 2.22. The number of rotatable bonds is 2. The molecule has 0 radical (unpaired) electrons. The summed E-state index contributed by atoms with van der Waals surface area (Å²) >= 11 is 0. The average molecular weight is 272 g/mol. The van der Waals surface area contributed by atoms with Gasteiger partial charge in [-0.15, -0.1) is 0 Å². The van der Waals surface area contributed by atoms with Crippen LogP contribution < -0.4 is 10.2 Å². The molecule has 1 aliphatic heterocycles. The number of nitrogens with zero attached hydrogens (tertiary/aromatic N) is 3. The molecule has 0 bridgehead atoms. The molecule has 1 saturated heterocycles. The summed E-state index contributed by atoms with van der Waals surface area (Å²) in [4.78, 5) is 18.2. The van der Waals surface area contributed by atoms with Crippen molar-refractivity contribution in [3.05, 3.63) is 43.0 Å². The van der Waals surface area contributed by atoms with E-state index in [0.717, 1.165) is 24.5 Å². The van der Waals surface area contributed by atoms with Gasteiger partial charge in [-0.1, -0.05) is 12.1 Å². The van der Waals surface area contributed by atoms with E-state index >= 15 is 0 Å². The van der Waals surface area contributed by atoms with Crippen molar-refractivity contribution in [1.82, 2.24) is 9.55 Å². The molecule has 2 heterocycles. The lowest BCUT2D eigenvalue weighted by molar-refractivity contribution is 0.123. The first-order chi connectivity index (χ1) is 9.84. The molecule has 6 nitrogen and oxygen atoms in total. The predicted molar refractivity (Wildman–Crippen MR) is 76.1 cm³/mol. The van der Waals surface area contributed by atoms with Gasteiger partial charge in [-0.25, -0.2) is 9.78 Å². The normalized spacial score (nSPS) is 15.1. The van der Waals surface area contributed by atoms with Crippen LogP contribution in [0.5, 0.6) is 0 Å². The van der Waals surface area contributed by atoms with Crippen LogP contribution in [0.4, 0.5) is 16.2 Å². The van der Waals surface area contributed by atoms with Gasteiger partial charge in [0.05, 0.1) is 24.6 Å². The number of ether oxygens (including phenoxy) is 1. The molecule has 104 valence electrons. The maximum atomic E-state index is 12.1. The van der Waals surface area contributed by atoms with Crippen molar-refractivity contribution < 1.29 is 9.53 Å². The Morgan fingerprint density at radius 2 is 2.05 bits per heavy atom. The van der Waals surface area contributed by atoms with Crippen molar-refractivity contribution in [2.24, 2.45) is 0 Å². The molecule has 0 atom stereocenters. The third kappa shape index (κ3) is 2.65. The third-order valence-electron chi connectivity index (χ3n) is 3.24. The van der Waals surface area contributed by atoms with Crippen LogP contribution in [0.15, 0.2) is 43.0 Å². The van der Waals surface area contributed by atoms with Crippen molar-refractivity contribution in [3.8, 4) is 0 Å². The zero-order valence-corrected chi connectivity index (χ0v) is 11.0. The second-order valence-corrected chi connectivity index (χ2v) is 4.52. The highest BCUT2D eigenvalue weighted by atomic mass is 16.5. The molecule has 1 amide bonds. The third-order valence-corrected chi connectivity index (χ3v) is 3.24. The number of imidazole rings is 1. The number of nitrogens with one attached hydrogen (secondary N) is 1. The number of morpholine rings is 1. The van der Waals surface area contributed by atoms with Gasteiger partial charge in [-0.05, 0) is 12.1 Å². The number of hydrogen-bond donors (Lipinski definition) is 1. The van der Waals surface area contributed by atoms with Crippen LogP contribution in [0.1, 0.15) is 0 Å².